The molecule has 21 heavy (non-hydrogen) atoms. The molecule has 1 heterocycles. The lowest BCUT2D eigenvalue weighted by molar-refractivity contribution is -0.143. The maximum absolute atomic E-state index is 12.8. The number of piperidine rings is 1. The molecule has 3 nitrogen and oxygen atoms in total. The van der Waals surface area contributed by atoms with Crippen LogP contribution < -0.4 is 5.32 Å². The molecule has 1 aromatic carbocycles. The van der Waals surface area contributed by atoms with Crippen LogP contribution in [0.3, 0.4) is 0 Å². The predicted octanol–water partition coefficient (Wildman–Crippen LogP) is 3.43. The molecule has 0 aliphatic carbocycles. The van der Waals surface area contributed by atoms with Gasteiger partial charge in [-0.2, -0.15) is 0 Å². The molecule has 1 fully saturated rings. The van der Waals surface area contributed by atoms with Gasteiger partial charge in [0.1, 0.15) is 0 Å². The van der Waals surface area contributed by atoms with E-state index in [1.807, 2.05) is 24.1 Å². The van der Waals surface area contributed by atoms with Crippen molar-refractivity contribution in [3.8, 4) is 0 Å². The summed E-state index contributed by atoms with van der Waals surface area (Å²) in [5.74, 6) is 0.658. The Hall–Kier alpha value is -0.870. The normalized spacial score (nSPS) is 19.3. The second kappa shape index (κ2) is 6.93. The second-order valence-corrected chi connectivity index (χ2v) is 7.47. The van der Waals surface area contributed by atoms with E-state index in [1.165, 1.54) is 0 Å². The van der Waals surface area contributed by atoms with Crippen molar-refractivity contribution in [2.24, 2.45) is 11.3 Å². The molecule has 1 aliphatic heterocycles. The van der Waals surface area contributed by atoms with E-state index in [9.17, 15) is 4.79 Å². The van der Waals surface area contributed by atoms with Crippen LogP contribution in [0.25, 0.3) is 0 Å². The fraction of sp³-hybridized carbons (Fsp3) is 0.588. The highest BCUT2D eigenvalue weighted by Crippen LogP contribution is 2.33. The summed E-state index contributed by atoms with van der Waals surface area (Å²) in [6.07, 6.45) is 2.30. The van der Waals surface area contributed by atoms with Crippen LogP contribution in [0.15, 0.2) is 28.7 Å². The smallest absolute Gasteiger partial charge is 0.228 e. The van der Waals surface area contributed by atoms with Crippen LogP contribution in [0.4, 0.5) is 0 Å². The van der Waals surface area contributed by atoms with Crippen LogP contribution in [-0.4, -0.2) is 30.9 Å². The van der Waals surface area contributed by atoms with Gasteiger partial charge in [-0.15, -0.1) is 0 Å². The Morgan fingerprint density at radius 3 is 2.62 bits per heavy atom. The molecule has 0 bridgehead atoms. The number of carbonyl (C=O) groups excluding carboxylic acids is 1. The van der Waals surface area contributed by atoms with Crippen molar-refractivity contribution in [3.05, 3.63) is 34.3 Å². The molecular weight excluding hydrogens is 328 g/mol. The van der Waals surface area contributed by atoms with Gasteiger partial charge in [0.05, 0.1) is 0 Å². The third kappa shape index (κ3) is 4.07. The standard InChI is InChI=1S/C17H25BrN2O/c1-17(2,14-5-4-10-19-11-14)16(21)20(3)12-13-6-8-15(18)9-7-13/h6-9,14,19H,4-5,10-12H2,1-3H3. The Morgan fingerprint density at radius 1 is 1.38 bits per heavy atom. The Morgan fingerprint density at radius 2 is 2.05 bits per heavy atom. The van der Waals surface area contributed by atoms with Gasteiger partial charge in [0.2, 0.25) is 5.91 Å². The van der Waals surface area contributed by atoms with Crippen LogP contribution in [0, 0.1) is 11.3 Å². The number of amides is 1. The average molecular weight is 353 g/mol. The van der Waals surface area contributed by atoms with Gasteiger partial charge in [0.25, 0.3) is 0 Å². The highest BCUT2D eigenvalue weighted by molar-refractivity contribution is 9.10. The van der Waals surface area contributed by atoms with Crippen LogP contribution in [0.1, 0.15) is 32.3 Å². The van der Waals surface area contributed by atoms with E-state index in [-0.39, 0.29) is 11.3 Å². The van der Waals surface area contributed by atoms with Gasteiger partial charge in [0.15, 0.2) is 0 Å². The van der Waals surface area contributed by atoms with Crippen molar-refractivity contribution < 1.29 is 4.79 Å². The van der Waals surface area contributed by atoms with Crippen molar-refractivity contribution in [1.82, 2.24) is 10.2 Å². The van der Waals surface area contributed by atoms with Gasteiger partial charge < -0.3 is 10.2 Å². The summed E-state index contributed by atoms with van der Waals surface area (Å²) in [4.78, 5) is 14.7. The highest BCUT2D eigenvalue weighted by Gasteiger charge is 2.38. The van der Waals surface area contributed by atoms with Crippen LogP contribution in [-0.2, 0) is 11.3 Å². The summed E-state index contributed by atoms with van der Waals surface area (Å²) in [5, 5.41) is 3.41. The van der Waals surface area contributed by atoms with Crippen molar-refractivity contribution in [3.63, 3.8) is 0 Å². The number of benzene rings is 1. The summed E-state index contributed by atoms with van der Waals surface area (Å²) in [5.41, 5.74) is 0.851. The third-order valence-corrected chi connectivity index (χ3v) is 5.08. The minimum absolute atomic E-state index is 0.235. The molecule has 116 valence electrons. The SMILES string of the molecule is CN(Cc1ccc(Br)cc1)C(=O)C(C)(C)C1CCCNC1. The maximum atomic E-state index is 12.8. The molecule has 1 unspecified atom stereocenters. The molecule has 1 amide bonds. The molecular formula is C17H25BrN2O. The van der Waals surface area contributed by atoms with Gasteiger partial charge in [-0.25, -0.2) is 0 Å². The molecule has 2 rings (SSSR count). The quantitative estimate of drug-likeness (QED) is 0.900. The number of hydrogen-bond acceptors (Lipinski definition) is 2. The summed E-state index contributed by atoms with van der Waals surface area (Å²) < 4.78 is 1.06. The fourth-order valence-electron chi connectivity index (χ4n) is 3.07. The number of hydrogen-bond donors (Lipinski definition) is 1. The van der Waals surface area contributed by atoms with E-state index in [0.29, 0.717) is 12.5 Å². The van der Waals surface area contributed by atoms with Crippen molar-refractivity contribution in [2.45, 2.75) is 33.2 Å². The maximum Gasteiger partial charge on any atom is 0.228 e. The summed E-state index contributed by atoms with van der Waals surface area (Å²) >= 11 is 3.44. The van der Waals surface area contributed by atoms with E-state index in [0.717, 1.165) is 36.0 Å². The monoisotopic (exact) mass is 352 g/mol. The summed E-state index contributed by atoms with van der Waals surface area (Å²) in [7, 11) is 1.91. The first-order valence-corrected chi connectivity index (χ1v) is 8.41. The molecule has 0 saturated carbocycles. The summed E-state index contributed by atoms with van der Waals surface area (Å²) in [6, 6.07) is 8.15. The molecule has 1 atom stereocenters. The van der Waals surface area contributed by atoms with Gasteiger partial charge in [-0.3, -0.25) is 4.79 Å². The zero-order valence-corrected chi connectivity index (χ0v) is 14.7. The second-order valence-electron chi connectivity index (χ2n) is 6.55. The first kappa shape index (κ1) is 16.5. The molecule has 1 saturated heterocycles. The lowest BCUT2D eigenvalue weighted by atomic mass is 9.74. The predicted molar refractivity (Wildman–Crippen MR) is 90.0 cm³/mol. The van der Waals surface area contributed by atoms with E-state index in [1.54, 1.807) is 0 Å². The number of rotatable bonds is 4. The Labute approximate surface area is 136 Å². The van der Waals surface area contributed by atoms with Crippen molar-refractivity contribution in [2.75, 3.05) is 20.1 Å². The third-order valence-electron chi connectivity index (χ3n) is 4.55. The number of nitrogens with one attached hydrogen (secondary N) is 1. The Kier molecular flexibility index (Phi) is 5.44. The lowest BCUT2D eigenvalue weighted by Crippen LogP contribution is -2.47. The van der Waals surface area contributed by atoms with Gasteiger partial charge >= 0.3 is 0 Å². The number of halogens is 1. The van der Waals surface area contributed by atoms with E-state index in [4.69, 9.17) is 0 Å². The van der Waals surface area contributed by atoms with E-state index in [2.05, 4.69) is 47.2 Å². The number of nitrogens with zero attached hydrogens (tertiary/aromatic N) is 1. The van der Waals surface area contributed by atoms with Crippen LogP contribution in [0.5, 0.6) is 0 Å². The first-order valence-electron chi connectivity index (χ1n) is 7.62. The molecule has 0 radical (unpaired) electrons. The Balaban J connectivity index is 2.01. The minimum Gasteiger partial charge on any atom is -0.341 e. The Bertz CT molecular complexity index is 478. The van der Waals surface area contributed by atoms with Crippen LogP contribution in [0.2, 0.25) is 0 Å². The average Bonchev–Trinajstić information content (AvgIpc) is 2.49. The molecule has 4 heteroatoms. The van der Waals surface area contributed by atoms with Gasteiger partial charge in [0, 0.05) is 23.5 Å². The minimum atomic E-state index is -0.308. The molecule has 1 N–H and O–H groups in total. The largest absolute Gasteiger partial charge is 0.341 e. The van der Waals surface area contributed by atoms with E-state index < -0.39 is 0 Å². The van der Waals surface area contributed by atoms with Crippen molar-refractivity contribution >= 4 is 21.8 Å². The molecule has 1 aliphatic rings. The molecule has 0 aromatic heterocycles. The highest BCUT2D eigenvalue weighted by atomic mass is 79.9. The lowest BCUT2D eigenvalue weighted by Gasteiger charge is -2.38. The van der Waals surface area contributed by atoms with Crippen LogP contribution >= 0.6 is 15.9 Å². The zero-order valence-electron chi connectivity index (χ0n) is 13.2. The van der Waals surface area contributed by atoms with Gasteiger partial charge in [-0.1, -0.05) is 41.9 Å². The first-order chi connectivity index (χ1) is 9.91. The fourth-order valence-corrected chi connectivity index (χ4v) is 3.33. The molecule has 1 aromatic rings. The molecule has 0 spiro atoms. The topological polar surface area (TPSA) is 32.3 Å². The zero-order chi connectivity index (χ0) is 15.5. The number of carbonyl (C=O) groups is 1. The summed E-state index contributed by atoms with van der Waals surface area (Å²) in [6.45, 7) is 6.87. The van der Waals surface area contributed by atoms with Gasteiger partial charge in [-0.05, 0) is 49.5 Å². The van der Waals surface area contributed by atoms with Crippen molar-refractivity contribution in [1.29, 1.82) is 0 Å². The van der Waals surface area contributed by atoms with E-state index >= 15 is 0 Å².